The second-order valence-electron chi connectivity index (χ2n) is 6.92. The Morgan fingerprint density at radius 1 is 1.13 bits per heavy atom. The van der Waals surface area contributed by atoms with Crippen LogP contribution >= 0.6 is 35.4 Å². The molecule has 1 saturated carbocycles. The highest BCUT2D eigenvalue weighted by molar-refractivity contribution is 9.10. The van der Waals surface area contributed by atoms with Crippen LogP contribution in [0, 0.1) is 0 Å². The van der Waals surface area contributed by atoms with E-state index in [1.165, 1.54) is 19.1 Å². The van der Waals surface area contributed by atoms with Crippen LogP contribution in [-0.2, 0) is 14.7 Å². The van der Waals surface area contributed by atoms with E-state index in [4.69, 9.17) is 16.1 Å². The number of hydrogen-bond acceptors (Lipinski definition) is 8. The Morgan fingerprint density at radius 2 is 1.67 bits per heavy atom. The maximum Gasteiger partial charge on any atom is 0.470 e. The van der Waals surface area contributed by atoms with Crippen molar-refractivity contribution in [1.82, 2.24) is 4.57 Å². The molecule has 1 aromatic carbocycles. The van der Waals surface area contributed by atoms with E-state index < -0.39 is 55.4 Å². The van der Waals surface area contributed by atoms with Crippen LogP contribution < -0.4 is 0 Å². The Morgan fingerprint density at radius 3 is 2.13 bits per heavy atom. The zero-order chi connectivity index (χ0) is 22.8. The Balaban J connectivity index is 2.48. The van der Waals surface area contributed by atoms with Gasteiger partial charge in [-0.15, -0.1) is 0 Å². The number of carbonyl (C=O) groups excluding carboxylic acids is 1. The molecule has 0 bridgehead atoms. The molecule has 1 aromatic heterocycles. The number of fused-ring (bicyclic) bond motifs is 1. The minimum Gasteiger partial charge on any atom is -0.387 e. The number of aromatic nitrogens is 1. The molecule has 14 heteroatoms. The number of nitrogens with zero attached hydrogens (tertiary/aromatic N) is 1. The molecule has 2 unspecified atom stereocenters. The minimum atomic E-state index is -5.50. The van der Waals surface area contributed by atoms with Crippen molar-refractivity contribution >= 4 is 52.2 Å². The molecule has 166 valence electrons. The zero-order valence-electron chi connectivity index (χ0n) is 15.1. The highest BCUT2D eigenvalue weighted by atomic mass is 79.9. The summed E-state index contributed by atoms with van der Waals surface area (Å²) >= 11 is 9.52. The van der Waals surface area contributed by atoms with Gasteiger partial charge in [0.2, 0.25) is 5.91 Å². The molecule has 6 atom stereocenters. The van der Waals surface area contributed by atoms with E-state index >= 15 is 0 Å². The van der Waals surface area contributed by atoms with Crippen LogP contribution in [0.5, 0.6) is 0 Å². The summed E-state index contributed by atoms with van der Waals surface area (Å²) in [4.78, 5) is 31.1. The number of phosphoric ester groups is 1. The summed E-state index contributed by atoms with van der Waals surface area (Å²) in [6.07, 6.45) is -10.1. The van der Waals surface area contributed by atoms with Crippen molar-refractivity contribution in [3.63, 3.8) is 0 Å². The van der Waals surface area contributed by atoms with Crippen LogP contribution in [0.25, 0.3) is 10.9 Å². The lowest BCUT2D eigenvalue weighted by Gasteiger charge is -2.50. The predicted octanol–water partition coefficient (Wildman–Crippen LogP) is -0.160. The summed E-state index contributed by atoms with van der Waals surface area (Å²) in [5.41, 5.74) is -3.14. The third-order valence-corrected chi connectivity index (χ3v) is 6.94. The molecule has 30 heavy (non-hydrogen) atoms. The summed E-state index contributed by atoms with van der Waals surface area (Å²) in [5, 5.41) is 51.7. The molecule has 3 rings (SSSR count). The van der Waals surface area contributed by atoms with Crippen LogP contribution in [0.4, 0.5) is 0 Å². The Bertz CT molecular complexity index is 1040. The number of hydrogen-bond donors (Lipinski definition) is 7. The van der Waals surface area contributed by atoms with Gasteiger partial charge in [-0.2, -0.15) is 0 Å². The predicted molar refractivity (Wildman–Crippen MR) is 106 cm³/mol. The van der Waals surface area contributed by atoms with Gasteiger partial charge in [-0.25, -0.2) is 4.57 Å². The number of carbonyl (C=O) groups is 1. The van der Waals surface area contributed by atoms with Gasteiger partial charge < -0.3 is 35.3 Å². The lowest BCUT2D eigenvalue weighted by atomic mass is 9.71. The summed E-state index contributed by atoms with van der Waals surface area (Å²) < 4.78 is 17.9. The summed E-state index contributed by atoms with van der Waals surface area (Å²) in [6.45, 7) is 1.18. The largest absolute Gasteiger partial charge is 0.470 e. The first kappa shape index (κ1) is 23.8. The van der Waals surface area contributed by atoms with Crippen LogP contribution in [0.3, 0.4) is 0 Å². The Kier molecular flexibility index (Phi) is 6.27. The fraction of sp³-hybridized carbons (Fsp3) is 0.438. The second kappa shape index (κ2) is 7.91. The molecule has 1 aliphatic rings. The lowest BCUT2D eigenvalue weighted by Crippen LogP contribution is -2.69. The first-order valence-corrected chi connectivity index (χ1v) is 11.1. The second-order valence-corrected chi connectivity index (χ2v) is 9.32. The molecule has 2 aromatic rings. The molecule has 0 amide bonds. The van der Waals surface area contributed by atoms with E-state index in [9.17, 15) is 44.7 Å². The standard InChI is InChI=1S/C16H18BrClNO10P/c1-5(20)19-4-6(9-8(19)3-2-7(17)10(9)18)16(29-30(26,27)28)14(24)12(22)11(21)13(23)15(16)25/h2-4,11-15,21-25H,1H3,(H2,26,27,28)/t11?,12-,13+,14-,15-,16?/m0/s1. The van der Waals surface area contributed by atoms with Crippen molar-refractivity contribution < 1.29 is 49.2 Å². The fourth-order valence-corrected chi connectivity index (χ4v) is 5.05. The van der Waals surface area contributed by atoms with Gasteiger partial charge in [0.25, 0.3) is 0 Å². The molecule has 0 radical (unpaired) electrons. The molecule has 7 N–H and O–H groups in total. The Hall–Kier alpha value is -0.890. The molecule has 1 aliphatic carbocycles. The highest BCUT2D eigenvalue weighted by Crippen LogP contribution is 2.54. The van der Waals surface area contributed by atoms with Gasteiger partial charge in [-0.05, 0) is 28.1 Å². The summed E-state index contributed by atoms with van der Waals surface area (Å²) in [7, 11) is -5.50. The lowest BCUT2D eigenvalue weighted by molar-refractivity contribution is -0.266. The number of rotatable bonds is 3. The highest BCUT2D eigenvalue weighted by Gasteiger charge is 2.63. The molecular weight excluding hydrogens is 513 g/mol. The zero-order valence-corrected chi connectivity index (χ0v) is 18.4. The third kappa shape index (κ3) is 3.55. The quantitative estimate of drug-likeness (QED) is 0.263. The molecule has 0 aliphatic heterocycles. The molecule has 1 fully saturated rings. The van der Waals surface area contributed by atoms with Crippen molar-refractivity contribution in [2.45, 2.75) is 43.0 Å². The SMILES string of the molecule is CC(=O)n1cc(C2(OP(=O)(O)O)[C@@H](O)[C@H](O)C(O)[C@H](O)[C@@H]2O)c2c(Cl)c(Br)ccc21. The molecular formula is C16H18BrClNO10P. The maximum absolute atomic E-state index is 12.1. The van der Waals surface area contributed by atoms with Crippen LogP contribution in [0.1, 0.15) is 17.3 Å². The normalized spacial score (nSPS) is 32.5. The topological polar surface area (TPSA) is 190 Å². The number of aliphatic hydroxyl groups is 5. The molecule has 0 spiro atoms. The van der Waals surface area contributed by atoms with E-state index in [2.05, 4.69) is 15.9 Å². The average molecular weight is 531 g/mol. The van der Waals surface area contributed by atoms with Gasteiger partial charge in [0, 0.05) is 28.5 Å². The van der Waals surface area contributed by atoms with Crippen LogP contribution in [0.15, 0.2) is 22.8 Å². The number of halogens is 2. The molecule has 11 nitrogen and oxygen atoms in total. The number of aliphatic hydroxyl groups excluding tert-OH is 5. The summed E-state index contributed by atoms with van der Waals surface area (Å²) in [6, 6.07) is 2.93. The first-order chi connectivity index (χ1) is 13.7. The van der Waals surface area contributed by atoms with Gasteiger partial charge in [0.1, 0.15) is 30.5 Å². The number of phosphoric acid groups is 1. The summed E-state index contributed by atoms with van der Waals surface area (Å²) in [5.74, 6) is -0.558. The molecule has 0 saturated heterocycles. The maximum atomic E-state index is 12.1. The van der Waals surface area contributed by atoms with Gasteiger partial charge in [0.05, 0.1) is 10.5 Å². The van der Waals surface area contributed by atoms with Gasteiger partial charge in [0.15, 0.2) is 5.60 Å². The van der Waals surface area contributed by atoms with E-state index in [-0.39, 0.29) is 15.9 Å². The molecule has 1 heterocycles. The third-order valence-electron chi connectivity index (χ3n) is 5.12. The van der Waals surface area contributed by atoms with Crippen molar-refractivity contribution in [1.29, 1.82) is 0 Å². The smallest absolute Gasteiger partial charge is 0.387 e. The van der Waals surface area contributed by atoms with Crippen LogP contribution in [0.2, 0.25) is 5.02 Å². The van der Waals surface area contributed by atoms with E-state index in [1.54, 1.807) is 0 Å². The monoisotopic (exact) mass is 529 g/mol. The van der Waals surface area contributed by atoms with Gasteiger partial charge in [-0.1, -0.05) is 11.6 Å². The van der Waals surface area contributed by atoms with Crippen LogP contribution in [-0.4, -0.2) is 76.3 Å². The van der Waals surface area contributed by atoms with Crippen molar-refractivity contribution in [2.24, 2.45) is 0 Å². The average Bonchev–Trinajstić information content (AvgIpc) is 3.05. The minimum absolute atomic E-state index is 0.0522. The van der Waals surface area contributed by atoms with E-state index in [1.807, 2.05) is 0 Å². The first-order valence-electron chi connectivity index (χ1n) is 8.41. The van der Waals surface area contributed by atoms with Crippen molar-refractivity contribution in [3.8, 4) is 0 Å². The van der Waals surface area contributed by atoms with Gasteiger partial charge in [-0.3, -0.25) is 13.9 Å². The van der Waals surface area contributed by atoms with Gasteiger partial charge >= 0.3 is 7.82 Å². The van der Waals surface area contributed by atoms with Crippen molar-refractivity contribution in [2.75, 3.05) is 0 Å². The van der Waals surface area contributed by atoms with E-state index in [0.29, 0.717) is 4.47 Å². The van der Waals surface area contributed by atoms with E-state index in [0.717, 1.165) is 10.8 Å². The number of benzene rings is 1. The Labute approximate surface area is 182 Å². The fourth-order valence-electron chi connectivity index (χ4n) is 3.75. The van der Waals surface area contributed by atoms with Crippen molar-refractivity contribution in [3.05, 3.63) is 33.4 Å².